The van der Waals surface area contributed by atoms with E-state index < -0.39 is 30.3 Å². The minimum atomic E-state index is -1.41. The third-order valence-electron chi connectivity index (χ3n) is 6.16. The summed E-state index contributed by atoms with van der Waals surface area (Å²) < 4.78 is 14.1. The Hall–Kier alpha value is -3.99. The van der Waals surface area contributed by atoms with Gasteiger partial charge in [0.1, 0.15) is 12.4 Å². The van der Waals surface area contributed by atoms with E-state index in [1.807, 2.05) is 5.32 Å². The smallest absolute Gasteiger partial charge is 0.405 e. The van der Waals surface area contributed by atoms with Crippen molar-refractivity contribution in [3.8, 4) is 0 Å². The highest BCUT2D eigenvalue weighted by Crippen LogP contribution is 2.38. The van der Waals surface area contributed by atoms with E-state index in [2.05, 4.69) is 29.0 Å². The monoisotopic (exact) mass is 499 g/mol. The van der Waals surface area contributed by atoms with Gasteiger partial charge in [-0.25, -0.2) is 14.1 Å². The number of H-pyrrole nitrogens is 1. The predicted molar refractivity (Wildman–Crippen MR) is 133 cm³/mol. The number of aromatic amines is 1. The Morgan fingerprint density at radius 3 is 2.50 bits per heavy atom. The second kappa shape index (κ2) is 11.2. The molecule has 0 saturated heterocycles. The number of imide groups is 1. The highest BCUT2D eigenvalue weighted by Gasteiger charge is 2.37. The lowest BCUT2D eigenvalue weighted by Gasteiger charge is -2.18. The summed E-state index contributed by atoms with van der Waals surface area (Å²) >= 11 is 0. The predicted octanol–water partition coefficient (Wildman–Crippen LogP) is 2.52. The highest BCUT2D eigenvalue weighted by atomic mass is 19.1. The lowest BCUT2D eigenvalue weighted by atomic mass is 10.0. The van der Waals surface area contributed by atoms with Crippen molar-refractivity contribution < 1.29 is 28.7 Å². The summed E-state index contributed by atoms with van der Waals surface area (Å²) in [5.74, 6) is -2.37. The zero-order valence-electron chi connectivity index (χ0n) is 20.7. The number of benzene rings is 1. The van der Waals surface area contributed by atoms with Crippen LogP contribution in [0.2, 0.25) is 0 Å². The van der Waals surface area contributed by atoms with Crippen LogP contribution in [0.3, 0.4) is 0 Å². The summed E-state index contributed by atoms with van der Waals surface area (Å²) in [5.41, 5.74) is 2.51. The second-order valence-corrected chi connectivity index (χ2v) is 8.36. The van der Waals surface area contributed by atoms with Gasteiger partial charge in [0.2, 0.25) is 0 Å². The number of hydrogen-bond acceptors (Lipinski definition) is 5. The lowest BCUT2D eigenvalue weighted by molar-refractivity contribution is -0.123. The molecule has 0 spiro atoms. The number of halogens is 1. The van der Waals surface area contributed by atoms with E-state index in [4.69, 9.17) is 5.11 Å². The highest BCUT2D eigenvalue weighted by molar-refractivity contribution is 6.42. The first-order chi connectivity index (χ1) is 17.1. The molecule has 4 N–H and O–H groups in total. The molecule has 10 nitrogen and oxygen atoms in total. The molecule has 2 aromatic rings. The summed E-state index contributed by atoms with van der Waals surface area (Å²) in [5, 5.41) is 13.6. The van der Waals surface area contributed by atoms with Crippen molar-refractivity contribution in [3.05, 3.63) is 52.1 Å². The van der Waals surface area contributed by atoms with E-state index in [0.29, 0.717) is 29.1 Å². The van der Waals surface area contributed by atoms with E-state index in [1.54, 1.807) is 13.8 Å². The molecule has 0 atom stereocenters. The molecule has 11 heteroatoms. The van der Waals surface area contributed by atoms with Gasteiger partial charge in [-0.05, 0) is 56.8 Å². The standard InChI is InChI=1S/C25H30FN5O5/c1-5-30(6-2)10-9-27-23(33)22-14(3)19(29-15(22)4)12-18-17-11-16(26)7-8-20(17)31(24(18)34)21(32)13-28-25(35)36/h7-8,11-12,28-29H,5-6,9-10,13H2,1-4H3,(H,27,33)(H,35,36)/b18-12-. The number of carboxylic acid groups (broad SMARTS) is 1. The van der Waals surface area contributed by atoms with E-state index in [0.717, 1.165) is 36.7 Å². The fourth-order valence-electron chi connectivity index (χ4n) is 4.24. The quantitative estimate of drug-likeness (QED) is 0.392. The van der Waals surface area contributed by atoms with Gasteiger partial charge in [0.25, 0.3) is 17.7 Å². The zero-order chi connectivity index (χ0) is 26.6. The largest absolute Gasteiger partial charge is 0.465 e. The number of carbonyl (C=O) groups is 4. The van der Waals surface area contributed by atoms with Crippen LogP contribution >= 0.6 is 0 Å². The summed E-state index contributed by atoms with van der Waals surface area (Å²) in [6.45, 7) is 9.93. The zero-order valence-corrected chi connectivity index (χ0v) is 20.7. The number of amides is 4. The van der Waals surface area contributed by atoms with Gasteiger partial charge in [-0.1, -0.05) is 13.8 Å². The molecule has 192 valence electrons. The third-order valence-corrected chi connectivity index (χ3v) is 6.16. The number of nitrogens with zero attached hydrogens (tertiary/aromatic N) is 2. The van der Waals surface area contributed by atoms with Crippen molar-refractivity contribution in [1.29, 1.82) is 0 Å². The number of nitrogens with one attached hydrogen (secondary N) is 3. The Labute approximate surface area is 208 Å². The topological polar surface area (TPSA) is 135 Å². The van der Waals surface area contributed by atoms with Gasteiger partial charge in [0, 0.05) is 30.0 Å². The number of carbonyl (C=O) groups excluding carboxylic acids is 3. The average molecular weight is 500 g/mol. The molecule has 2 heterocycles. The molecule has 1 aromatic heterocycles. The molecule has 0 saturated carbocycles. The van der Waals surface area contributed by atoms with Crippen LogP contribution in [-0.2, 0) is 9.59 Å². The molecular formula is C25H30FN5O5. The minimum Gasteiger partial charge on any atom is -0.465 e. The maximum Gasteiger partial charge on any atom is 0.405 e. The van der Waals surface area contributed by atoms with E-state index >= 15 is 0 Å². The number of fused-ring (bicyclic) bond motifs is 1. The van der Waals surface area contributed by atoms with Gasteiger partial charge >= 0.3 is 6.09 Å². The fraction of sp³-hybridized carbons (Fsp3) is 0.360. The molecule has 1 aliphatic rings. The molecule has 0 unspecified atom stereocenters. The molecule has 1 aromatic carbocycles. The molecule has 4 amide bonds. The normalized spacial score (nSPS) is 13.9. The molecule has 1 aliphatic heterocycles. The van der Waals surface area contributed by atoms with Crippen LogP contribution in [0.5, 0.6) is 0 Å². The van der Waals surface area contributed by atoms with E-state index in [1.165, 1.54) is 12.1 Å². The summed E-state index contributed by atoms with van der Waals surface area (Å²) in [6, 6.07) is 3.55. The number of rotatable bonds is 9. The first kappa shape index (κ1) is 26.6. The maximum atomic E-state index is 14.1. The van der Waals surface area contributed by atoms with Gasteiger partial charge in [0.15, 0.2) is 0 Å². The van der Waals surface area contributed by atoms with Crippen molar-refractivity contribution in [2.24, 2.45) is 0 Å². The SMILES string of the molecule is CCN(CC)CCNC(=O)c1c(C)[nH]c(/C=C2\C(=O)N(C(=O)CNC(=O)O)c3ccc(F)cc32)c1C. The summed E-state index contributed by atoms with van der Waals surface area (Å²) in [7, 11) is 0. The molecule has 0 fully saturated rings. The minimum absolute atomic E-state index is 0.0472. The van der Waals surface area contributed by atoms with Gasteiger partial charge in [-0.15, -0.1) is 0 Å². The van der Waals surface area contributed by atoms with Crippen LogP contribution in [-0.4, -0.2) is 71.5 Å². The molecule has 3 rings (SSSR count). The van der Waals surface area contributed by atoms with Gasteiger partial charge in [0.05, 0.1) is 16.8 Å². The van der Waals surface area contributed by atoms with Crippen LogP contribution in [0.25, 0.3) is 11.6 Å². The molecule has 0 bridgehead atoms. The number of anilines is 1. The number of aromatic nitrogens is 1. The fourth-order valence-corrected chi connectivity index (χ4v) is 4.24. The van der Waals surface area contributed by atoms with Crippen LogP contribution in [0, 0.1) is 19.7 Å². The van der Waals surface area contributed by atoms with Crippen molar-refractivity contribution in [3.63, 3.8) is 0 Å². The third kappa shape index (κ3) is 5.46. The Kier molecular flexibility index (Phi) is 8.25. The van der Waals surface area contributed by atoms with Crippen LogP contribution < -0.4 is 15.5 Å². The van der Waals surface area contributed by atoms with Crippen LogP contribution in [0.4, 0.5) is 14.9 Å². The first-order valence-corrected chi connectivity index (χ1v) is 11.6. The van der Waals surface area contributed by atoms with Crippen molar-refractivity contribution in [1.82, 2.24) is 20.5 Å². The Balaban J connectivity index is 1.92. The van der Waals surface area contributed by atoms with E-state index in [-0.39, 0.29) is 22.7 Å². The molecule has 0 radical (unpaired) electrons. The number of aryl methyl sites for hydroxylation is 1. The molecular weight excluding hydrogens is 469 g/mol. The first-order valence-electron chi connectivity index (χ1n) is 11.6. The van der Waals surface area contributed by atoms with Gasteiger partial charge in [-0.2, -0.15) is 0 Å². The van der Waals surface area contributed by atoms with Crippen molar-refractivity contribution in [2.45, 2.75) is 27.7 Å². The van der Waals surface area contributed by atoms with Gasteiger partial charge < -0.3 is 25.6 Å². The molecule has 36 heavy (non-hydrogen) atoms. The molecule has 0 aliphatic carbocycles. The van der Waals surface area contributed by atoms with Gasteiger partial charge in [-0.3, -0.25) is 14.4 Å². The van der Waals surface area contributed by atoms with Crippen molar-refractivity contribution in [2.75, 3.05) is 37.6 Å². The van der Waals surface area contributed by atoms with Crippen molar-refractivity contribution >= 4 is 41.2 Å². The maximum absolute atomic E-state index is 14.1. The average Bonchev–Trinajstić information content (AvgIpc) is 3.26. The lowest BCUT2D eigenvalue weighted by Crippen LogP contribution is -2.41. The Bertz CT molecular complexity index is 1230. The van der Waals surface area contributed by atoms with Crippen LogP contribution in [0.1, 0.15) is 46.7 Å². The Morgan fingerprint density at radius 2 is 1.86 bits per heavy atom. The van der Waals surface area contributed by atoms with Crippen LogP contribution in [0.15, 0.2) is 18.2 Å². The second-order valence-electron chi connectivity index (χ2n) is 8.36. The summed E-state index contributed by atoms with van der Waals surface area (Å²) in [6.07, 6.45) is 0.0681. The number of likely N-dealkylation sites (N-methyl/N-ethyl adjacent to an activating group) is 1. The Morgan fingerprint density at radius 1 is 1.17 bits per heavy atom. The van der Waals surface area contributed by atoms with E-state index in [9.17, 15) is 23.6 Å². The number of hydrogen-bond donors (Lipinski definition) is 4. The summed E-state index contributed by atoms with van der Waals surface area (Å²) in [4.78, 5) is 55.6.